The Bertz CT molecular complexity index is 956. The molecule has 0 saturated carbocycles. The first-order valence-corrected chi connectivity index (χ1v) is 11.0. The average molecular weight is 420 g/mol. The minimum Gasteiger partial charge on any atom is -0.390 e. The monoisotopic (exact) mass is 419 g/mol. The number of aliphatic hydroxyl groups excluding tert-OH is 1. The number of hydrogen-bond donors (Lipinski definition) is 1. The first-order chi connectivity index (χ1) is 13.8. The van der Waals surface area contributed by atoms with Crippen molar-refractivity contribution in [3.63, 3.8) is 0 Å². The van der Waals surface area contributed by atoms with Crippen molar-refractivity contribution in [2.75, 3.05) is 30.5 Å². The van der Waals surface area contributed by atoms with Crippen LogP contribution in [0.4, 0.5) is 11.4 Å². The van der Waals surface area contributed by atoms with E-state index in [0.717, 1.165) is 35.8 Å². The maximum atomic E-state index is 13.3. The lowest BCUT2D eigenvalue weighted by Gasteiger charge is -2.28. The van der Waals surface area contributed by atoms with Gasteiger partial charge in [-0.2, -0.15) is 0 Å². The lowest BCUT2D eigenvalue weighted by Crippen LogP contribution is -2.42. The third kappa shape index (κ3) is 5.11. The predicted molar refractivity (Wildman–Crippen MR) is 110 cm³/mol. The van der Waals surface area contributed by atoms with Crippen LogP contribution in [0.1, 0.15) is 18.4 Å². The molecule has 0 aromatic heterocycles. The summed E-state index contributed by atoms with van der Waals surface area (Å²) in [6, 6.07) is 11.9. The highest BCUT2D eigenvalue weighted by Gasteiger charge is 2.29. The van der Waals surface area contributed by atoms with E-state index in [0.29, 0.717) is 6.54 Å². The molecule has 8 nitrogen and oxygen atoms in total. The highest BCUT2D eigenvalue weighted by atomic mass is 32.2. The SMILES string of the molecule is Cc1ccc(S(=O)(=O)N(C[C@H](O)CN2CCCC2)c2cccc([N+](=O)[O-])c2)cc1. The fourth-order valence-corrected chi connectivity index (χ4v) is 4.95. The first kappa shape index (κ1) is 21.2. The number of benzene rings is 2. The zero-order valence-electron chi connectivity index (χ0n) is 16.3. The Balaban J connectivity index is 1.95. The van der Waals surface area contributed by atoms with Crippen molar-refractivity contribution in [3.05, 3.63) is 64.2 Å². The molecule has 1 fully saturated rings. The first-order valence-electron chi connectivity index (χ1n) is 9.51. The topological polar surface area (TPSA) is 104 Å². The number of nitrogens with zero attached hydrogens (tertiary/aromatic N) is 3. The summed E-state index contributed by atoms with van der Waals surface area (Å²) < 4.78 is 27.7. The van der Waals surface area contributed by atoms with E-state index in [4.69, 9.17) is 0 Å². The van der Waals surface area contributed by atoms with Gasteiger partial charge >= 0.3 is 0 Å². The van der Waals surface area contributed by atoms with Crippen molar-refractivity contribution >= 4 is 21.4 Å². The second kappa shape index (κ2) is 8.89. The molecule has 156 valence electrons. The molecule has 1 N–H and O–H groups in total. The zero-order chi connectivity index (χ0) is 21.0. The molecule has 2 aromatic carbocycles. The van der Waals surface area contributed by atoms with Gasteiger partial charge in [-0.25, -0.2) is 8.42 Å². The molecule has 1 aliphatic heterocycles. The standard InChI is InChI=1S/C20H25N3O5S/c1-16-7-9-20(10-8-16)29(27,28)22(15-19(24)14-21-11-2-3-12-21)17-5-4-6-18(13-17)23(25)26/h4-10,13,19,24H,2-3,11-12,14-15H2,1H3/t19-/m1/s1. The van der Waals surface area contributed by atoms with Gasteiger partial charge in [0.2, 0.25) is 0 Å². The van der Waals surface area contributed by atoms with E-state index in [9.17, 15) is 23.6 Å². The Hall–Kier alpha value is -2.49. The number of likely N-dealkylation sites (tertiary alicyclic amines) is 1. The van der Waals surface area contributed by atoms with E-state index >= 15 is 0 Å². The van der Waals surface area contributed by atoms with Crippen LogP contribution < -0.4 is 4.31 Å². The third-order valence-corrected chi connectivity index (χ3v) is 6.79. The summed E-state index contributed by atoms with van der Waals surface area (Å²) in [4.78, 5) is 12.8. The molecule has 0 spiro atoms. The van der Waals surface area contributed by atoms with Crippen molar-refractivity contribution in [3.8, 4) is 0 Å². The molecule has 0 radical (unpaired) electrons. The van der Waals surface area contributed by atoms with Crippen LogP contribution in [0.15, 0.2) is 53.4 Å². The predicted octanol–water partition coefficient (Wildman–Crippen LogP) is 2.56. The summed E-state index contributed by atoms with van der Waals surface area (Å²) in [7, 11) is -4.01. The molecule has 0 unspecified atom stereocenters. The highest BCUT2D eigenvalue weighted by molar-refractivity contribution is 7.92. The molecule has 29 heavy (non-hydrogen) atoms. The van der Waals surface area contributed by atoms with E-state index in [1.54, 1.807) is 12.1 Å². The van der Waals surface area contributed by atoms with Gasteiger partial charge in [-0.05, 0) is 51.1 Å². The number of nitro benzene ring substituents is 1. The Morgan fingerprint density at radius 1 is 1.17 bits per heavy atom. The van der Waals surface area contributed by atoms with Crippen molar-refractivity contribution in [2.45, 2.75) is 30.8 Å². The quantitative estimate of drug-likeness (QED) is 0.521. The van der Waals surface area contributed by atoms with E-state index in [1.807, 2.05) is 6.92 Å². The molecule has 0 aliphatic carbocycles. The van der Waals surface area contributed by atoms with Gasteiger partial charge in [0.1, 0.15) is 0 Å². The number of nitro groups is 1. The smallest absolute Gasteiger partial charge is 0.271 e. The fraction of sp³-hybridized carbons (Fsp3) is 0.400. The van der Waals surface area contributed by atoms with Gasteiger partial charge in [0, 0.05) is 18.7 Å². The largest absolute Gasteiger partial charge is 0.390 e. The van der Waals surface area contributed by atoms with Crippen molar-refractivity contribution in [1.29, 1.82) is 0 Å². The zero-order valence-corrected chi connectivity index (χ0v) is 17.1. The minimum atomic E-state index is -4.01. The highest BCUT2D eigenvalue weighted by Crippen LogP contribution is 2.27. The van der Waals surface area contributed by atoms with Gasteiger partial charge in [0.15, 0.2) is 0 Å². The van der Waals surface area contributed by atoms with Crippen LogP contribution in [0.25, 0.3) is 0 Å². The third-order valence-electron chi connectivity index (χ3n) is 4.98. The van der Waals surface area contributed by atoms with Crippen LogP contribution >= 0.6 is 0 Å². The molecule has 1 saturated heterocycles. The van der Waals surface area contributed by atoms with E-state index in [-0.39, 0.29) is 22.8 Å². The van der Waals surface area contributed by atoms with Crippen molar-refractivity contribution in [1.82, 2.24) is 4.90 Å². The Morgan fingerprint density at radius 2 is 1.83 bits per heavy atom. The Morgan fingerprint density at radius 3 is 2.45 bits per heavy atom. The van der Waals surface area contributed by atoms with Crippen molar-refractivity contribution in [2.24, 2.45) is 0 Å². The number of sulfonamides is 1. The molecule has 1 aliphatic rings. The second-order valence-corrected chi connectivity index (χ2v) is 9.15. The van der Waals surface area contributed by atoms with Gasteiger partial charge in [0.05, 0.1) is 28.2 Å². The lowest BCUT2D eigenvalue weighted by atomic mass is 10.2. The number of aryl methyl sites for hydroxylation is 1. The maximum Gasteiger partial charge on any atom is 0.271 e. The van der Waals surface area contributed by atoms with Crippen LogP contribution in [0.2, 0.25) is 0 Å². The van der Waals surface area contributed by atoms with Crippen molar-refractivity contribution < 1.29 is 18.4 Å². The minimum absolute atomic E-state index is 0.0722. The molecule has 1 heterocycles. The Kier molecular flexibility index (Phi) is 6.51. The Labute approximate surface area is 170 Å². The van der Waals surface area contributed by atoms with Crippen LogP contribution in [-0.4, -0.2) is 55.6 Å². The molecule has 0 bridgehead atoms. The lowest BCUT2D eigenvalue weighted by molar-refractivity contribution is -0.384. The van der Waals surface area contributed by atoms with Crippen LogP contribution in [0.3, 0.4) is 0 Å². The molecular weight excluding hydrogens is 394 g/mol. The molecule has 0 amide bonds. The number of rotatable bonds is 8. The molecule has 1 atom stereocenters. The summed E-state index contributed by atoms with van der Waals surface area (Å²) >= 11 is 0. The molecule has 2 aromatic rings. The van der Waals surface area contributed by atoms with Crippen LogP contribution in [0, 0.1) is 17.0 Å². The number of hydrogen-bond acceptors (Lipinski definition) is 6. The van der Waals surface area contributed by atoms with Gasteiger partial charge in [-0.15, -0.1) is 0 Å². The van der Waals surface area contributed by atoms with E-state index in [1.165, 1.54) is 36.4 Å². The summed E-state index contributed by atoms with van der Waals surface area (Å²) in [6.45, 7) is 3.77. The second-order valence-electron chi connectivity index (χ2n) is 7.29. The van der Waals surface area contributed by atoms with Gasteiger partial charge in [-0.3, -0.25) is 14.4 Å². The van der Waals surface area contributed by atoms with Crippen LogP contribution in [0.5, 0.6) is 0 Å². The average Bonchev–Trinajstić information content (AvgIpc) is 3.19. The maximum absolute atomic E-state index is 13.3. The summed E-state index contributed by atoms with van der Waals surface area (Å²) in [5, 5.41) is 21.8. The molecular formula is C20H25N3O5S. The van der Waals surface area contributed by atoms with Crippen LogP contribution in [-0.2, 0) is 10.0 Å². The molecule has 3 rings (SSSR count). The summed E-state index contributed by atoms with van der Waals surface area (Å²) in [5.41, 5.74) is 0.862. The normalized spacial score (nSPS) is 15.9. The molecule has 9 heteroatoms. The van der Waals surface area contributed by atoms with Gasteiger partial charge in [0.25, 0.3) is 15.7 Å². The number of β-amino-alcohol motifs (C(OH)–C–C–N with tert-alkyl or cyclic N) is 1. The fourth-order valence-electron chi connectivity index (χ4n) is 3.45. The van der Waals surface area contributed by atoms with Gasteiger partial charge in [-0.1, -0.05) is 23.8 Å². The number of anilines is 1. The number of non-ortho nitro benzene ring substituents is 1. The summed E-state index contributed by atoms with van der Waals surface area (Å²) in [5.74, 6) is 0. The van der Waals surface area contributed by atoms with Gasteiger partial charge < -0.3 is 10.0 Å². The number of aliphatic hydroxyl groups is 1. The van der Waals surface area contributed by atoms with E-state index < -0.39 is 21.1 Å². The summed E-state index contributed by atoms with van der Waals surface area (Å²) in [6.07, 6.45) is 1.19. The van der Waals surface area contributed by atoms with E-state index in [2.05, 4.69) is 4.90 Å².